The lowest BCUT2D eigenvalue weighted by atomic mass is 10.2. The van der Waals surface area contributed by atoms with Gasteiger partial charge in [-0.1, -0.05) is 12.1 Å². The van der Waals surface area contributed by atoms with Crippen LogP contribution in [0, 0.1) is 0 Å². The summed E-state index contributed by atoms with van der Waals surface area (Å²) >= 11 is 0. The van der Waals surface area contributed by atoms with Crippen molar-refractivity contribution in [2.45, 2.75) is 51.9 Å². The van der Waals surface area contributed by atoms with Gasteiger partial charge in [0.1, 0.15) is 0 Å². The monoisotopic (exact) mass is 598 g/mol. The van der Waals surface area contributed by atoms with Gasteiger partial charge in [-0.25, -0.2) is 0 Å². The molecule has 44 heavy (non-hydrogen) atoms. The lowest BCUT2D eigenvalue weighted by Crippen LogP contribution is -2.33. The summed E-state index contributed by atoms with van der Waals surface area (Å²) in [5.74, 6) is 0. The Hall–Kier alpha value is -3.04. The number of hydrogen-bond acceptors (Lipinski definition) is 8. The number of anilines is 2. The molecule has 4 bridgehead atoms. The van der Waals surface area contributed by atoms with Gasteiger partial charge in [-0.15, -0.1) is 0 Å². The standard InChI is InChI=1S/C36H54N8/c1-39-19-7-23-43(24-8-20-40(2)28-32-12-5-11-31(27-39)37-32)35-15-17-36(18-16-35)44-25-9-21-41(3)29-33-13-6-14-34(38-33)30-42(4)22-10-26-44/h5-6,11-18H,7-10,19-30H2,1-4H3. The molecular weight excluding hydrogens is 544 g/mol. The van der Waals surface area contributed by atoms with Gasteiger partial charge in [-0.3, -0.25) is 9.97 Å². The third-order valence-corrected chi connectivity index (χ3v) is 8.91. The molecule has 8 nitrogen and oxygen atoms in total. The van der Waals surface area contributed by atoms with E-state index in [1.807, 2.05) is 0 Å². The molecule has 0 N–H and O–H groups in total. The first-order valence-electron chi connectivity index (χ1n) is 16.6. The second-order valence-corrected chi connectivity index (χ2v) is 13.1. The Morgan fingerprint density at radius 1 is 0.386 bits per heavy atom. The van der Waals surface area contributed by atoms with Gasteiger partial charge in [0.15, 0.2) is 0 Å². The highest BCUT2D eigenvalue weighted by Gasteiger charge is 2.14. The number of benzene rings is 1. The average Bonchev–Trinajstić information content (AvgIpc) is 2.99. The molecule has 0 amide bonds. The second-order valence-electron chi connectivity index (χ2n) is 13.1. The van der Waals surface area contributed by atoms with Crippen molar-refractivity contribution in [3.63, 3.8) is 0 Å². The predicted molar refractivity (Wildman–Crippen MR) is 183 cm³/mol. The molecule has 0 spiro atoms. The van der Waals surface area contributed by atoms with E-state index in [-0.39, 0.29) is 0 Å². The number of nitrogens with zero attached hydrogens (tertiary/aromatic N) is 8. The predicted octanol–water partition coefficient (Wildman–Crippen LogP) is 4.80. The molecule has 238 valence electrons. The topological polar surface area (TPSA) is 45.2 Å². The summed E-state index contributed by atoms with van der Waals surface area (Å²) in [4.78, 5) is 24.7. The maximum Gasteiger partial charge on any atom is 0.0547 e. The molecule has 0 atom stereocenters. The minimum atomic E-state index is 0.900. The molecule has 0 aliphatic carbocycles. The van der Waals surface area contributed by atoms with E-state index in [0.29, 0.717) is 0 Å². The van der Waals surface area contributed by atoms with Gasteiger partial charge < -0.3 is 29.4 Å². The number of fused-ring (bicyclic) bond motifs is 4. The molecule has 8 heteroatoms. The molecule has 3 aromatic rings. The summed E-state index contributed by atoms with van der Waals surface area (Å²) in [5.41, 5.74) is 7.35. The van der Waals surface area contributed by atoms with Crippen molar-refractivity contribution >= 4 is 11.4 Å². The van der Waals surface area contributed by atoms with Crippen LogP contribution in [-0.4, -0.2) is 110 Å². The fraction of sp³-hybridized carbons (Fsp3) is 0.556. The Morgan fingerprint density at radius 2 is 0.659 bits per heavy atom. The Kier molecular flexibility index (Phi) is 12.0. The molecule has 1 aromatic carbocycles. The van der Waals surface area contributed by atoms with E-state index in [1.54, 1.807) is 0 Å². The van der Waals surface area contributed by atoms with Gasteiger partial charge in [0.05, 0.1) is 22.8 Å². The highest BCUT2D eigenvalue weighted by molar-refractivity contribution is 5.56. The van der Waals surface area contributed by atoms with Crippen molar-refractivity contribution in [3.05, 3.63) is 83.4 Å². The zero-order chi connectivity index (χ0) is 30.7. The molecule has 0 saturated heterocycles. The number of aromatic nitrogens is 2. The van der Waals surface area contributed by atoms with Gasteiger partial charge >= 0.3 is 0 Å². The van der Waals surface area contributed by atoms with Crippen LogP contribution in [0.3, 0.4) is 0 Å². The Balaban J connectivity index is 1.23. The van der Waals surface area contributed by atoms with E-state index in [4.69, 9.17) is 9.97 Å². The van der Waals surface area contributed by atoms with E-state index in [1.165, 1.54) is 34.2 Å². The normalized spacial score (nSPS) is 20.2. The first kappa shape index (κ1) is 32.4. The molecule has 2 aliphatic heterocycles. The van der Waals surface area contributed by atoms with Crippen molar-refractivity contribution in [1.82, 2.24) is 29.6 Å². The third kappa shape index (κ3) is 9.99. The molecule has 4 heterocycles. The summed E-state index contributed by atoms with van der Waals surface area (Å²) in [6, 6.07) is 22.4. The van der Waals surface area contributed by atoms with E-state index in [2.05, 4.69) is 118 Å². The van der Waals surface area contributed by atoms with Crippen LogP contribution in [-0.2, 0) is 26.2 Å². The van der Waals surface area contributed by atoms with E-state index < -0.39 is 0 Å². The fourth-order valence-corrected chi connectivity index (χ4v) is 6.57. The van der Waals surface area contributed by atoms with Gasteiger partial charge in [0.25, 0.3) is 0 Å². The smallest absolute Gasteiger partial charge is 0.0547 e. The van der Waals surface area contributed by atoms with Gasteiger partial charge in [0, 0.05) is 63.7 Å². The lowest BCUT2D eigenvalue weighted by Gasteiger charge is -2.30. The van der Waals surface area contributed by atoms with E-state index in [9.17, 15) is 0 Å². The van der Waals surface area contributed by atoms with Crippen LogP contribution >= 0.6 is 0 Å². The van der Waals surface area contributed by atoms with Crippen molar-refractivity contribution < 1.29 is 0 Å². The summed E-state index contributed by atoms with van der Waals surface area (Å²) in [6.45, 7) is 12.1. The second kappa shape index (κ2) is 16.3. The van der Waals surface area contributed by atoms with Gasteiger partial charge in [-0.2, -0.15) is 0 Å². The summed E-state index contributed by atoms with van der Waals surface area (Å²) in [7, 11) is 8.87. The average molecular weight is 599 g/mol. The largest absolute Gasteiger partial charge is 0.371 e. The molecule has 0 saturated carbocycles. The van der Waals surface area contributed by atoms with Crippen molar-refractivity contribution in [2.24, 2.45) is 0 Å². The first-order chi connectivity index (χ1) is 21.4. The molecule has 0 fully saturated rings. The Labute approximate surface area is 266 Å². The van der Waals surface area contributed by atoms with Crippen LogP contribution in [0.5, 0.6) is 0 Å². The van der Waals surface area contributed by atoms with Gasteiger partial charge in [-0.05, 0) is 129 Å². The van der Waals surface area contributed by atoms with Crippen LogP contribution in [0.2, 0.25) is 0 Å². The van der Waals surface area contributed by atoms with Crippen molar-refractivity contribution in [2.75, 3.05) is 90.3 Å². The third-order valence-electron chi connectivity index (χ3n) is 8.91. The van der Waals surface area contributed by atoms with E-state index in [0.717, 1.165) is 104 Å². The molecule has 2 aliphatic rings. The van der Waals surface area contributed by atoms with Crippen LogP contribution in [0.1, 0.15) is 48.5 Å². The Morgan fingerprint density at radius 3 is 0.932 bits per heavy atom. The zero-order valence-corrected chi connectivity index (χ0v) is 27.7. The summed E-state index contributed by atoms with van der Waals surface area (Å²) < 4.78 is 0. The molecule has 0 unspecified atom stereocenters. The van der Waals surface area contributed by atoms with Crippen LogP contribution < -0.4 is 9.80 Å². The quantitative estimate of drug-likeness (QED) is 0.417. The van der Waals surface area contributed by atoms with Crippen LogP contribution in [0.4, 0.5) is 11.4 Å². The molecule has 0 radical (unpaired) electrons. The highest BCUT2D eigenvalue weighted by atomic mass is 15.2. The van der Waals surface area contributed by atoms with Gasteiger partial charge in [0.2, 0.25) is 0 Å². The molecule has 5 rings (SSSR count). The minimum Gasteiger partial charge on any atom is -0.371 e. The molecule has 2 aromatic heterocycles. The number of rotatable bonds is 2. The maximum absolute atomic E-state index is 4.92. The minimum absolute atomic E-state index is 0.900. The van der Waals surface area contributed by atoms with E-state index >= 15 is 0 Å². The van der Waals surface area contributed by atoms with Crippen molar-refractivity contribution in [3.8, 4) is 0 Å². The summed E-state index contributed by atoms with van der Waals surface area (Å²) in [5, 5.41) is 0. The van der Waals surface area contributed by atoms with Crippen LogP contribution in [0.25, 0.3) is 0 Å². The molecular formula is C36H54N8. The number of hydrogen-bond donors (Lipinski definition) is 0. The highest BCUT2D eigenvalue weighted by Crippen LogP contribution is 2.23. The summed E-state index contributed by atoms with van der Waals surface area (Å²) in [6.07, 6.45) is 4.56. The SMILES string of the molecule is CN1CCCN(c2ccc(N3CCCN(C)Cc4cccc(n4)CN(C)CCC3)cc2)CCCN(C)Cc2cccc(n2)C1. The first-order valence-corrected chi connectivity index (χ1v) is 16.6. The zero-order valence-electron chi connectivity index (χ0n) is 27.7. The maximum atomic E-state index is 4.92. The lowest BCUT2D eigenvalue weighted by molar-refractivity contribution is 0.304. The fourth-order valence-electron chi connectivity index (χ4n) is 6.57. The Bertz CT molecular complexity index is 1120. The van der Waals surface area contributed by atoms with Crippen molar-refractivity contribution in [1.29, 1.82) is 0 Å². The number of pyridine rings is 2. The van der Waals surface area contributed by atoms with Crippen LogP contribution in [0.15, 0.2) is 60.7 Å².